The highest BCUT2D eigenvalue weighted by Crippen LogP contribution is 2.29. The normalized spacial score (nSPS) is 14.3. The first-order chi connectivity index (χ1) is 8.06. The van der Waals surface area contributed by atoms with Crippen LogP contribution in [-0.4, -0.2) is 29.6 Å². The fourth-order valence-electron chi connectivity index (χ4n) is 1.73. The molecule has 0 saturated heterocycles. The summed E-state index contributed by atoms with van der Waals surface area (Å²) in [5.74, 6) is -0.642. The zero-order chi connectivity index (χ0) is 12.9. The molecule has 1 aromatic carbocycles. The van der Waals surface area contributed by atoms with Crippen molar-refractivity contribution in [3.05, 3.63) is 35.6 Å². The van der Waals surface area contributed by atoms with E-state index in [9.17, 15) is 14.3 Å². The molecule has 5 heteroatoms. The molecule has 0 radical (unpaired) electrons. The molecule has 0 aliphatic carbocycles. The molecule has 0 aliphatic rings. The van der Waals surface area contributed by atoms with Gasteiger partial charge in [-0.3, -0.25) is 4.79 Å². The number of carbonyl (C=O) groups is 1. The first-order valence-electron chi connectivity index (χ1n) is 5.25. The molecule has 1 aromatic rings. The lowest BCUT2D eigenvalue weighted by Gasteiger charge is -2.28. The molecule has 3 nitrogen and oxygen atoms in total. The Hall–Kier alpha value is -1.07. The summed E-state index contributed by atoms with van der Waals surface area (Å²) < 4.78 is 12.8. The molecular weight excluding hydrogens is 241 g/mol. The maximum atomic E-state index is 12.8. The number of aliphatic carboxylic acids is 1. The minimum atomic E-state index is -1.11. The highest BCUT2D eigenvalue weighted by molar-refractivity contribution is 7.98. The number of carboxylic acids is 1. The van der Waals surface area contributed by atoms with Gasteiger partial charge in [-0.1, -0.05) is 12.1 Å². The zero-order valence-electron chi connectivity index (χ0n) is 9.65. The Morgan fingerprint density at radius 3 is 2.47 bits per heavy atom. The summed E-state index contributed by atoms with van der Waals surface area (Å²) in [6.45, 7) is 0.00846. The Kier molecular flexibility index (Phi) is 4.96. The fourth-order valence-corrected chi connectivity index (χ4v) is 2.28. The summed E-state index contributed by atoms with van der Waals surface area (Å²) in [6, 6.07) is 5.52. The third kappa shape index (κ3) is 2.98. The molecule has 17 heavy (non-hydrogen) atoms. The average Bonchev–Trinajstić information content (AvgIpc) is 2.32. The number of benzene rings is 1. The van der Waals surface area contributed by atoms with Gasteiger partial charge >= 0.3 is 5.97 Å². The van der Waals surface area contributed by atoms with Crippen molar-refractivity contribution in [2.45, 2.75) is 11.8 Å². The largest absolute Gasteiger partial charge is 0.481 e. The molecule has 3 N–H and O–H groups in total. The Morgan fingerprint density at radius 1 is 1.47 bits per heavy atom. The van der Waals surface area contributed by atoms with E-state index in [1.807, 2.05) is 6.26 Å². The number of carboxylic acid groups (broad SMARTS) is 1. The molecule has 0 aromatic heterocycles. The summed E-state index contributed by atoms with van der Waals surface area (Å²) >= 11 is 1.57. The maximum absolute atomic E-state index is 12.8. The molecular formula is C12H16FNO2S. The highest BCUT2D eigenvalue weighted by Gasteiger charge is 2.38. The second-order valence-electron chi connectivity index (χ2n) is 3.84. The second-order valence-corrected chi connectivity index (χ2v) is 4.83. The molecule has 94 valence electrons. The van der Waals surface area contributed by atoms with Crippen molar-refractivity contribution in [3.8, 4) is 0 Å². The van der Waals surface area contributed by atoms with Gasteiger partial charge in [-0.25, -0.2) is 4.39 Å². The van der Waals surface area contributed by atoms with Crippen LogP contribution in [0.15, 0.2) is 24.3 Å². The molecule has 0 spiro atoms. The van der Waals surface area contributed by atoms with Crippen LogP contribution in [0.1, 0.15) is 12.0 Å². The molecule has 0 heterocycles. The predicted molar refractivity (Wildman–Crippen MR) is 67.8 cm³/mol. The smallest absolute Gasteiger partial charge is 0.315 e. The van der Waals surface area contributed by atoms with Crippen molar-refractivity contribution in [1.82, 2.24) is 0 Å². The number of hydrogen-bond donors (Lipinski definition) is 2. The molecule has 0 amide bonds. The molecule has 0 fully saturated rings. The van der Waals surface area contributed by atoms with Crippen molar-refractivity contribution in [3.63, 3.8) is 0 Å². The van der Waals surface area contributed by atoms with Crippen molar-refractivity contribution in [2.24, 2.45) is 5.73 Å². The van der Waals surface area contributed by atoms with E-state index in [0.717, 1.165) is 0 Å². The molecule has 0 bridgehead atoms. The molecule has 1 unspecified atom stereocenters. The first-order valence-corrected chi connectivity index (χ1v) is 6.64. The van der Waals surface area contributed by atoms with E-state index in [4.69, 9.17) is 5.73 Å². The Balaban J connectivity index is 3.12. The van der Waals surface area contributed by atoms with Crippen LogP contribution in [0.3, 0.4) is 0 Å². The number of thioether (sulfide) groups is 1. The van der Waals surface area contributed by atoms with Crippen LogP contribution in [0, 0.1) is 5.82 Å². The second kappa shape index (κ2) is 6.02. The van der Waals surface area contributed by atoms with Crippen LogP contribution >= 0.6 is 11.8 Å². The van der Waals surface area contributed by atoms with Crippen molar-refractivity contribution >= 4 is 17.7 Å². The Morgan fingerprint density at radius 2 is 2.06 bits per heavy atom. The summed E-state index contributed by atoms with van der Waals surface area (Å²) in [7, 11) is 0. The van der Waals surface area contributed by atoms with E-state index < -0.39 is 11.4 Å². The van der Waals surface area contributed by atoms with Crippen LogP contribution in [0.5, 0.6) is 0 Å². The minimum absolute atomic E-state index is 0.00846. The molecule has 1 atom stereocenters. The third-order valence-corrected chi connectivity index (χ3v) is 3.50. The van der Waals surface area contributed by atoms with Gasteiger partial charge < -0.3 is 10.8 Å². The van der Waals surface area contributed by atoms with Gasteiger partial charge in [-0.15, -0.1) is 0 Å². The SMILES string of the molecule is CSCCC(CN)(C(=O)O)c1ccc(F)cc1. The average molecular weight is 257 g/mol. The van der Waals surface area contributed by atoms with E-state index in [0.29, 0.717) is 17.7 Å². The fraction of sp³-hybridized carbons (Fsp3) is 0.417. The first kappa shape index (κ1) is 14.0. The van der Waals surface area contributed by atoms with Gasteiger partial charge in [0.2, 0.25) is 0 Å². The lowest BCUT2D eigenvalue weighted by Crippen LogP contribution is -2.43. The van der Waals surface area contributed by atoms with Crippen LogP contribution in [-0.2, 0) is 10.2 Å². The van der Waals surface area contributed by atoms with E-state index in [1.54, 1.807) is 11.8 Å². The van der Waals surface area contributed by atoms with E-state index in [1.165, 1.54) is 24.3 Å². The lowest BCUT2D eigenvalue weighted by molar-refractivity contribution is -0.143. The van der Waals surface area contributed by atoms with Crippen LogP contribution in [0.2, 0.25) is 0 Å². The summed E-state index contributed by atoms with van der Waals surface area (Å²) in [6.07, 6.45) is 2.35. The van der Waals surface area contributed by atoms with Gasteiger partial charge in [0.05, 0.1) is 0 Å². The van der Waals surface area contributed by atoms with Crippen molar-refractivity contribution in [1.29, 1.82) is 0 Å². The highest BCUT2D eigenvalue weighted by atomic mass is 32.2. The number of hydrogen-bond acceptors (Lipinski definition) is 3. The molecule has 0 saturated carbocycles. The Labute approximate surface area is 104 Å². The molecule has 1 rings (SSSR count). The van der Waals surface area contributed by atoms with Crippen LogP contribution in [0.25, 0.3) is 0 Å². The maximum Gasteiger partial charge on any atom is 0.315 e. The quantitative estimate of drug-likeness (QED) is 0.816. The van der Waals surface area contributed by atoms with E-state index >= 15 is 0 Å². The van der Waals surface area contributed by atoms with Gasteiger partial charge in [0.1, 0.15) is 11.2 Å². The summed E-state index contributed by atoms with van der Waals surface area (Å²) in [5, 5.41) is 9.39. The summed E-state index contributed by atoms with van der Waals surface area (Å²) in [4.78, 5) is 11.5. The predicted octanol–water partition coefficient (Wildman–Crippen LogP) is 1.86. The van der Waals surface area contributed by atoms with Crippen molar-refractivity contribution in [2.75, 3.05) is 18.6 Å². The number of halogens is 1. The van der Waals surface area contributed by atoms with Gasteiger partial charge in [-0.2, -0.15) is 11.8 Å². The Bertz CT molecular complexity index is 383. The van der Waals surface area contributed by atoms with E-state index in [-0.39, 0.29) is 12.4 Å². The third-order valence-electron chi connectivity index (χ3n) is 2.89. The summed E-state index contributed by atoms with van der Waals surface area (Å²) in [5.41, 5.74) is 5.08. The van der Waals surface area contributed by atoms with E-state index in [2.05, 4.69) is 0 Å². The van der Waals surface area contributed by atoms with Crippen LogP contribution < -0.4 is 5.73 Å². The lowest BCUT2D eigenvalue weighted by atomic mass is 9.78. The monoisotopic (exact) mass is 257 g/mol. The van der Waals surface area contributed by atoms with Crippen molar-refractivity contribution < 1.29 is 14.3 Å². The van der Waals surface area contributed by atoms with Gasteiger partial charge in [0, 0.05) is 6.54 Å². The minimum Gasteiger partial charge on any atom is -0.481 e. The topological polar surface area (TPSA) is 63.3 Å². The number of rotatable bonds is 6. The van der Waals surface area contributed by atoms with Gasteiger partial charge in [0.25, 0.3) is 0 Å². The molecule has 0 aliphatic heterocycles. The van der Waals surface area contributed by atoms with Gasteiger partial charge in [0.15, 0.2) is 0 Å². The standard InChI is InChI=1S/C12H16FNO2S/c1-17-7-6-12(8-14,11(15)16)9-2-4-10(13)5-3-9/h2-5H,6-8,14H2,1H3,(H,15,16). The zero-order valence-corrected chi connectivity index (χ0v) is 10.5. The van der Waals surface area contributed by atoms with Crippen LogP contribution in [0.4, 0.5) is 4.39 Å². The number of nitrogens with two attached hydrogens (primary N) is 1. The van der Waals surface area contributed by atoms with Gasteiger partial charge in [-0.05, 0) is 36.1 Å².